The number of hydrogen-bond donors (Lipinski definition) is 1. The largest absolute Gasteiger partial charge is 0.480 e. The summed E-state index contributed by atoms with van der Waals surface area (Å²) < 4.78 is 1.73. The Morgan fingerprint density at radius 1 is 1.27 bits per heavy atom. The fourth-order valence-electron chi connectivity index (χ4n) is 2.03. The van der Waals surface area contributed by atoms with Gasteiger partial charge in [-0.15, -0.1) is 11.3 Å². The molecule has 1 heterocycles. The van der Waals surface area contributed by atoms with Gasteiger partial charge >= 0.3 is 5.97 Å². The normalized spacial score (nSPS) is 12.5. The van der Waals surface area contributed by atoms with Crippen LogP contribution in [-0.4, -0.2) is 16.1 Å². The number of thiazole rings is 1. The van der Waals surface area contributed by atoms with Crippen LogP contribution in [0.25, 0.3) is 10.2 Å². The van der Waals surface area contributed by atoms with Gasteiger partial charge in [0, 0.05) is 5.02 Å². The number of carboxylic acids is 1. The number of aromatic nitrogens is 1. The zero-order valence-electron chi connectivity index (χ0n) is 11.6. The third-order valence-electron chi connectivity index (χ3n) is 3.15. The second kappa shape index (κ2) is 6.28. The molecule has 1 unspecified atom stereocenters. The molecule has 0 aliphatic rings. The summed E-state index contributed by atoms with van der Waals surface area (Å²) >= 11 is 8.69. The lowest BCUT2D eigenvalue weighted by atomic mass is 10.1. The van der Waals surface area contributed by atoms with Crippen LogP contribution in [-0.2, 0) is 4.79 Å². The molecule has 0 aliphatic carbocycles. The van der Waals surface area contributed by atoms with Crippen LogP contribution in [0.3, 0.4) is 0 Å². The van der Waals surface area contributed by atoms with E-state index in [0.29, 0.717) is 5.02 Å². The van der Waals surface area contributed by atoms with E-state index in [9.17, 15) is 9.90 Å². The minimum atomic E-state index is -0.869. The van der Waals surface area contributed by atoms with Crippen molar-refractivity contribution in [2.45, 2.75) is 16.5 Å². The number of carbonyl (C=O) groups is 1. The van der Waals surface area contributed by atoms with Gasteiger partial charge in [0.2, 0.25) is 0 Å². The highest BCUT2D eigenvalue weighted by atomic mass is 35.5. The summed E-state index contributed by atoms with van der Waals surface area (Å²) in [7, 11) is 0. The van der Waals surface area contributed by atoms with E-state index in [2.05, 4.69) is 4.98 Å². The minimum absolute atomic E-state index is 0.627. The van der Waals surface area contributed by atoms with Gasteiger partial charge in [0.1, 0.15) is 5.25 Å². The smallest absolute Gasteiger partial charge is 0.321 e. The van der Waals surface area contributed by atoms with Gasteiger partial charge in [-0.25, -0.2) is 4.98 Å². The molecular weight excluding hydrogens is 338 g/mol. The number of aliphatic carboxylic acids is 1. The van der Waals surface area contributed by atoms with E-state index in [1.165, 1.54) is 23.1 Å². The second-order valence-corrected chi connectivity index (χ2v) is 7.66. The molecule has 112 valence electrons. The summed E-state index contributed by atoms with van der Waals surface area (Å²) in [5.41, 5.74) is 2.67. The maximum absolute atomic E-state index is 11.6. The number of benzene rings is 2. The van der Waals surface area contributed by atoms with Gasteiger partial charge in [0.15, 0.2) is 4.34 Å². The van der Waals surface area contributed by atoms with E-state index in [1.54, 1.807) is 6.07 Å². The Morgan fingerprint density at radius 3 is 2.68 bits per heavy atom. The van der Waals surface area contributed by atoms with Crippen LogP contribution in [0.4, 0.5) is 0 Å². The first-order chi connectivity index (χ1) is 10.5. The van der Waals surface area contributed by atoms with Gasteiger partial charge in [0.25, 0.3) is 0 Å². The molecule has 0 amide bonds. The average Bonchev–Trinajstić information content (AvgIpc) is 2.87. The Bertz CT molecular complexity index is 830. The first kappa shape index (κ1) is 15.3. The molecule has 3 aromatic rings. The number of carboxylic acid groups (broad SMARTS) is 1. The van der Waals surface area contributed by atoms with Crippen LogP contribution in [0.2, 0.25) is 5.02 Å². The molecule has 1 N–H and O–H groups in total. The van der Waals surface area contributed by atoms with Crippen molar-refractivity contribution in [3.63, 3.8) is 0 Å². The Kier molecular flexibility index (Phi) is 4.38. The molecule has 3 nitrogen and oxygen atoms in total. The number of rotatable bonds is 4. The van der Waals surface area contributed by atoms with Crippen molar-refractivity contribution in [2.75, 3.05) is 0 Å². The van der Waals surface area contributed by atoms with Crippen molar-refractivity contribution < 1.29 is 9.90 Å². The molecule has 0 saturated carbocycles. The third kappa shape index (κ3) is 3.27. The quantitative estimate of drug-likeness (QED) is 0.659. The number of halogens is 1. The van der Waals surface area contributed by atoms with Crippen molar-refractivity contribution >= 4 is 50.9 Å². The fourth-order valence-corrected chi connectivity index (χ4v) is 4.37. The van der Waals surface area contributed by atoms with Gasteiger partial charge in [-0.1, -0.05) is 53.2 Å². The number of thioether (sulfide) groups is 1. The summed E-state index contributed by atoms with van der Waals surface area (Å²) in [6.07, 6.45) is 0. The van der Waals surface area contributed by atoms with Gasteiger partial charge in [-0.3, -0.25) is 4.79 Å². The first-order valence-corrected chi connectivity index (χ1v) is 8.62. The molecule has 2 aromatic carbocycles. The predicted molar refractivity (Wildman–Crippen MR) is 92.0 cm³/mol. The lowest BCUT2D eigenvalue weighted by Gasteiger charge is -2.10. The zero-order chi connectivity index (χ0) is 15.7. The molecule has 3 rings (SSSR count). The third-order valence-corrected chi connectivity index (χ3v) is 5.76. The number of aryl methyl sites for hydroxylation is 1. The summed E-state index contributed by atoms with van der Waals surface area (Å²) in [5.74, 6) is -0.869. The summed E-state index contributed by atoms with van der Waals surface area (Å²) in [6, 6.07) is 13.1. The van der Waals surface area contributed by atoms with Crippen molar-refractivity contribution in [3.8, 4) is 0 Å². The van der Waals surface area contributed by atoms with Gasteiger partial charge in [0.05, 0.1) is 10.2 Å². The molecule has 6 heteroatoms. The van der Waals surface area contributed by atoms with Crippen LogP contribution >= 0.6 is 34.7 Å². The van der Waals surface area contributed by atoms with Crippen LogP contribution in [0.5, 0.6) is 0 Å². The van der Waals surface area contributed by atoms with Gasteiger partial charge in [-0.05, 0) is 30.7 Å². The SMILES string of the molecule is Cc1ccc(C(Sc2nc3cc(Cl)ccc3s2)C(=O)O)cc1. The first-order valence-electron chi connectivity index (χ1n) is 6.55. The lowest BCUT2D eigenvalue weighted by molar-refractivity contribution is -0.136. The predicted octanol–water partition coefficient (Wildman–Crippen LogP) is 5.18. The molecule has 1 aromatic heterocycles. The van der Waals surface area contributed by atoms with E-state index in [0.717, 1.165) is 25.7 Å². The number of nitrogens with zero attached hydrogens (tertiary/aromatic N) is 1. The Hall–Kier alpha value is -1.56. The Labute approximate surface area is 141 Å². The summed E-state index contributed by atoms with van der Waals surface area (Å²) in [6.45, 7) is 1.98. The average molecular weight is 350 g/mol. The maximum atomic E-state index is 11.6. The van der Waals surface area contributed by atoms with Crippen LogP contribution in [0.1, 0.15) is 16.4 Å². The highest BCUT2D eigenvalue weighted by Gasteiger charge is 2.23. The minimum Gasteiger partial charge on any atom is -0.480 e. The molecule has 1 atom stereocenters. The van der Waals surface area contributed by atoms with E-state index in [1.807, 2.05) is 43.3 Å². The maximum Gasteiger partial charge on any atom is 0.321 e. The molecule has 0 saturated heterocycles. The Balaban J connectivity index is 1.92. The molecule has 0 fully saturated rings. The van der Waals surface area contributed by atoms with E-state index < -0.39 is 11.2 Å². The van der Waals surface area contributed by atoms with Crippen molar-refractivity contribution in [3.05, 3.63) is 58.6 Å². The van der Waals surface area contributed by atoms with Crippen molar-refractivity contribution in [1.29, 1.82) is 0 Å². The molecule has 0 radical (unpaired) electrons. The lowest BCUT2D eigenvalue weighted by Crippen LogP contribution is -2.07. The van der Waals surface area contributed by atoms with E-state index in [-0.39, 0.29) is 0 Å². The highest BCUT2D eigenvalue weighted by Crippen LogP contribution is 2.39. The zero-order valence-corrected chi connectivity index (χ0v) is 14.0. The molecule has 0 aliphatic heterocycles. The van der Waals surface area contributed by atoms with Crippen LogP contribution in [0, 0.1) is 6.92 Å². The van der Waals surface area contributed by atoms with Crippen molar-refractivity contribution in [2.24, 2.45) is 0 Å². The fraction of sp³-hybridized carbons (Fsp3) is 0.125. The number of fused-ring (bicyclic) bond motifs is 1. The van der Waals surface area contributed by atoms with Crippen molar-refractivity contribution in [1.82, 2.24) is 4.98 Å². The topological polar surface area (TPSA) is 50.2 Å². The highest BCUT2D eigenvalue weighted by molar-refractivity contribution is 8.02. The molecule has 0 bridgehead atoms. The standard InChI is InChI=1S/C16H12ClNO2S2/c1-9-2-4-10(5-3-9)14(15(19)20)22-16-18-12-8-11(17)6-7-13(12)21-16/h2-8,14H,1H3,(H,19,20). The molecule has 22 heavy (non-hydrogen) atoms. The van der Waals surface area contributed by atoms with Gasteiger partial charge in [-0.2, -0.15) is 0 Å². The van der Waals surface area contributed by atoms with E-state index in [4.69, 9.17) is 11.6 Å². The van der Waals surface area contributed by atoms with Crippen LogP contribution in [0.15, 0.2) is 46.8 Å². The molecular formula is C16H12ClNO2S2. The second-order valence-electron chi connectivity index (χ2n) is 4.84. The Morgan fingerprint density at radius 2 is 2.00 bits per heavy atom. The monoisotopic (exact) mass is 349 g/mol. The molecule has 0 spiro atoms. The number of hydrogen-bond acceptors (Lipinski definition) is 4. The van der Waals surface area contributed by atoms with Crippen LogP contribution < -0.4 is 0 Å². The summed E-state index contributed by atoms with van der Waals surface area (Å²) in [5, 5.41) is 9.47. The van der Waals surface area contributed by atoms with E-state index >= 15 is 0 Å². The van der Waals surface area contributed by atoms with Gasteiger partial charge < -0.3 is 5.11 Å². The summed E-state index contributed by atoms with van der Waals surface area (Å²) in [4.78, 5) is 16.1.